The summed E-state index contributed by atoms with van der Waals surface area (Å²) in [4.78, 5) is 6.35. The van der Waals surface area contributed by atoms with Gasteiger partial charge >= 0.3 is 0 Å². The van der Waals surface area contributed by atoms with E-state index in [0.717, 1.165) is 20.9 Å². The molecule has 0 saturated carbocycles. The van der Waals surface area contributed by atoms with Crippen molar-refractivity contribution in [3.05, 3.63) is 61.9 Å². The van der Waals surface area contributed by atoms with E-state index in [2.05, 4.69) is 59.0 Å². The van der Waals surface area contributed by atoms with Crippen LogP contribution in [0.4, 0.5) is 0 Å². The first-order chi connectivity index (χ1) is 10.7. The van der Waals surface area contributed by atoms with Crippen LogP contribution in [0, 0.1) is 13.8 Å². The molecule has 2 aromatic heterocycles. The van der Waals surface area contributed by atoms with Crippen LogP contribution in [0.5, 0.6) is 0 Å². The third kappa shape index (κ3) is 2.96. The molecule has 0 N–H and O–H groups in total. The van der Waals surface area contributed by atoms with Gasteiger partial charge in [-0.05, 0) is 42.5 Å². The summed E-state index contributed by atoms with van der Waals surface area (Å²) in [7, 11) is 1.80. The first kappa shape index (κ1) is 14.9. The summed E-state index contributed by atoms with van der Waals surface area (Å²) in [6.45, 7) is 4.26. The van der Waals surface area contributed by atoms with Crippen LogP contribution in [0.25, 0.3) is 11.3 Å². The lowest BCUT2D eigenvalue weighted by Gasteiger charge is -2.06. The van der Waals surface area contributed by atoms with Gasteiger partial charge in [-0.15, -0.1) is 22.7 Å². The van der Waals surface area contributed by atoms with Crippen LogP contribution in [0.3, 0.4) is 0 Å². The van der Waals surface area contributed by atoms with Crippen LogP contribution >= 0.6 is 22.7 Å². The summed E-state index contributed by atoms with van der Waals surface area (Å²) < 4.78 is 1.91. The Bertz CT molecular complexity index is 868. The standard InChI is InChI=1S/C17H17N3S2/c1-12-6-7-14(9-13(12)2)16-11-22-17(18-3)20(16)19-10-15-5-4-8-21-15/h4-11H,1-3H3. The molecule has 0 aliphatic rings. The molecular weight excluding hydrogens is 310 g/mol. The number of benzene rings is 1. The van der Waals surface area contributed by atoms with E-state index < -0.39 is 0 Å². The number of aryl methyl sites for hydroxylation is 2. The van der Waals surface area contributed by atoms with Gasteiger partial charge in [-0.2, -0.15) is 5.10 Å². The minimum atomic E-state index is 0.890. The Morgan fingerprint density at radius 3 is 2.64 bits per heavy atom. The maximum absolute atomic E-state index is 4.63. The van der Waals surface area contributed by atoms with Crippen molar-refractivity contribution in [2.45, 2.75) is 13.8 Å². The molecular formula is C17H17N3S2. The molecule has 0 atom stereocenters. The average Bonchev–Trinajstić information content (AvgIpc) is 3.16. The Labute approximate surface area is 137 Å². The van der Waals surface area contributed by atoms with Crippen LogP contribution in [-0.4, -0.2) is 17.9 Å². The quantitative estimate of drug-likeness (QED) is 0.642. The van der Waals surface area contributed by atoms with Gasteiger partial charge in [-0.3, -0.25) is 4.99 Å². The fourth-order valence-electron chi connectivity index (χ4n) is 2.14. The molecule has 112 valence electrons. The molecule has 22 heavy (non-hydrogen) atoms. The van der Waals surface area contributed by atoms with Crippen LogP contribution < -0.4 is 4.80 Å². The van der Waals surface area contributed by atoms with Crippen molar-refractivity contribution in [3.8, 4) is 11.3 Å². The summed E-state index contributed by atoms with van der Waals surface area (Å²) in [5.41, 5.74) is 4.82. The predicted octanol–water partition coefficient (Wildman–Crippen LogP) is 4.31. The van der Waals surface area contributed by atoms with Crippen molar-refractivity contribution in [1.82, 2.24) is 4.68 Å². The minimum Gasteiger partial charge on any atom is -0.261 e. The Morgan fingerprint density at radius 1 is 1.09 bits per heavy atom. The maximum Gasteiger partial charge on any atom is 0.205 e. The Kier molecular flexibility index (Phi) is 4.36. The topological polar surface area (TPSA) is 29.6 Å². The highest BCUT2D eigenvalue weighted by molar-refractivity contribution is 7.11. The van der Waals surface area contributed by atoms with Crippen molar-refractivity contribution < 1.29 is 0 Å². The van der Waals surface area contributed by atoms with Crippen molar-refractivity contribution in [1.29, 1.82) is 0 Å². The maximum atomic E-state index is 4.63. The molecule has 0 fully saturated rings. The molecule has 0 radical (unpaired) electrons. The van der Waals surface area contributed by atoms with Gasteiger partial charge in [-0.25, -0.2) is 4.68 Å². The van der Waals surface area contributed by atoms with Crippen LogP contribution in [0.2, 0.25) is 0 Å². The SMILES string of the molecule is CN=c1scc(-c2ccc(C)c(C)c2)n1N=Cc1cccs1. The van der Waals surface area contributed by atoms with E-state index in [9.17, 15) is 0 Å². The van der Waals surface area contributed by atoms with Gasteiger partial charge in [0.2, 0.25) is 4.80 Å². The fourth-order valence-corrected chi connectivity index (χ4v) is 3.52. The summed E-state index contributed by atoms with van der Waals surface area (Å²) >= 11 is 3.28. The molecule has 1 aromatic carbocycles. The minimum absolute atomic E-state index is 0.890. The second-order valence-electron chi connectivity index (χ2n) is 5.00. The third-order valence-electron chi connectivity index (χ3n) is 3.52. The number of hydrogen-bond acceptors (Lipinski definition) is 4. The zero-order chi connectivity index (χ0) is 15.5. The van der Waals surface area contributed by atoms with Gasteiger partial charge in [0.15, 0.2) is 0 Å². The first-order valence-corrected chi connectivity index (χ1v) is 8.74. The van der Waals surface area contributed by atoms with Crippen molar-refractivity contribution in [2.75, 3.05) is 7.05 Å². The number of nitrogens with zero attached hydrogens (tertiary/aromatic N) is 3. The highest BCUT2D eigenvalue weighted by Gasteiger charge is 2.08. The average molecular weight is 327 g/mol. The molecule has 5 heteroatoms. The van der Waals surface area contributed by atoms with Crippen molar-refractivity contribution in [2.24, 2.45) is 10.1 Å². The normalized spacial score (nSPS) is 12.4. The van der Waals surface area contributed by atoms with E-state index in [1.165, 1.54) is 11.1 Å². The monoisotopic (exact) mass is 327 g/mol. The largest absolute Gasteiger partial charge is 0.261 e. The first-order valence-electron chi connectivity index (χ1n) is 6.98. The molecule has 3 aromatic rings. The van der Waals surface area contributed by atoms with Gasteiger partial charge in [0.25, 0.3) is 0 Å². The third-order valence-corrected chi connectivity index (χ3v) is 5.24. The molecule has 2 heterocycles. The van der Waals surface area contributed by atoms with Gasteiger partial charge in [0.05, 0.1) is 11.9 Å². The van der Waals surface area contributed by atoms with E-state index in [1.807, 2.05) is 17.0 Å². The summed E-state index contributed by atoms with van der Waals surface area (Å²) in [6.07, 6.45) is 1.89. The zero-order valence-corrected chi connectivity index (χ0v) is 14.4. The summed E-state index contributed by atoms with van der Waals surface area (Å²) in [5, 5.41) is 8.79. The molecule has 0 unspecified atom stereocenters. The van der Waals surface area contributed by atoms with Crippen molar-refractivity contribution in [3.63, 3.8) is 0 Å². The van der Waals surface area contributed by atoms with Gasteiger partial charge in [-0.1, -0.05) is 18.2 Å². The molecule has 0 spiro atoms. The number of hydrogen-bond donors (Lipinski definition) is 0. The Balaban J connectivity index is 2.09. The number of thiophene rings is 1. The molecule has 3 rings (SSSR count). The van der Waals surface area contributed by atoms with Crippen molar-refractivity contribution >= 4 is 28.9 Å². The fraction of sp³-hybridized carbons (Fsp3) is 0.176. The van der Waals surface area contributed by atoms with Gasteiger partial charge in [0.1, 0.15) is 0 Å². The molecule has 0 aliphatic carbocycles. The number of aromatic nitrogens is 1. The van der Waals surface area contributed by atoms with E-state index in [-0.39, 0.29) is 0 Å². The van der Waals surface area contributed by atoms with E-state index in [4.69, 9.17) is 0 Å². The lowest BCUT2D eigenvalue weighted by atomic mass is 10.1. The van der Waals surface area contributed by atoms with E-state index in [1.54, 1.807) is 29.7 Å². The number of thiazole rings is 1. The van der Waals surface area contributed by atoms with Crippen LogP contribution in [0.15, 0.2) is 51.2 Å². The second kappa shape index (κ2) is 6.42. The van der Waals surface area contributed by atoms with Crippen LogP contribution in [0.1, 0.15) is 16.0 Å². The second-order valence-corrected chi connectivity index (χ2v) is 6.81. The molecule has 0 amide bonds. The van der Waals surface area contributed by atoms with E-state index in [0.29, 0.717) is 0 Å². The zero-order valence-electron chi connectivity index (χ0n) is 12.8. The molecule has 3 nitrogen and oxygen atoms in total. The molecule has 0 aliphatic heterocycles. The summed E-state index contributed by atoms with van der Waals surface area (Å²) in [6, 6.07) is 10.6. The van der Waals surface area contributed by atoms with E-state index >= 15 is 0 Å². The predicted molar refractivity (Wildman–Crippen MR) is 96.0 cm³/mol. The van der Waals surface area contributed by atoms with Crippen LogP contribution in [-0.2, 0) is 0 Å². The summed E-state index contributed by atoms with van der Waals surface area (Å²) in [5.74, 6) is 0. The molecule has 0 bridgehead atoms. The van der Waals surface area contributed by atoms with Gasteiger partial charge in [0, 0.05) is 22.9 Å². The Morgan fingerprint density at radius 2 is 1.95 bits per heavy atom. The smallest absolute Gasteiger partial charge is 0.205 e. The highest BCUT2D eigenvalue weighted by atomic mass is 32.1. The molecule has 0 saturated heterocycles. The highest BCUT2D eigenvalue weighted by Crippen LogP contribution is 2.23. The van der Waals surface area contributed by atoms with Gasteiger partial charge < -0.3 is 0 Å². The lowest BCUT2D eigenvalue weighted by molar-refractivity contribution is 0.848. The lowest BCUT2D eigenvalue weighted by Crippen LogP contribution is -2.11. The Hall–Kier alpha value is -1.98. The number of rotatable bonds is 3.